The van der Waals surface area contributed by atoms with Crippen LogP contribution in [-0.4, -0.2) is 12.8 Å². The highest BCUT2D eigenvalue weighted by molar-refractivity contribution is 5.86. The fraction of sp³-hybridized carbons (Fsp3) is 0.182. The molecule has 12 heavy (non-hydrogen) atoms. The summed E-state index contributed by atoms with van der Waals surface area (Å²) in [5.41, 5.74) is 2.72. The first-order chi connectivity index (χ1) is 5.97. The molecule has 1 aromatic rings. The average Bonchev–Trinajstić information content (AvgIpc) is 2.21. The van der Waals surface area contributed by atoms with E-state index in [-0.39, 0.29) is 0 Å². The third-order valence-electron chi connectivity index (χ3n) is 2.04. The number of rotatable bonds is 1. The molecule has 0 amide bonds. The van der Waals surface area contributed by atoms with Gasteiger partial charge in [0, 0.05) is 12.8 Å². The summed E-state index contributed by atoms with van der Waals surface area (Å²) in [6.45, 7) is 0.931. The molecule has 0 bridgehead atoms. The van der Waals surface area contributed by atoms with Gasteiger partial charge < -0.3 is 0 Å². The molecule has 0 aliphatic carbocycles. The molecule has 0 unspecified atom stereocenters. The summed E-state index contributed by atoms with van der Waals surface area (Å²) in [5, 5.41) is 0. The Morgan fingerprint density at radius 3 is 2.58 bits per heavy atom. The molecule has 0 aromatic heterocycles. The van der Waals surface area contributed by atoms with Crippen molar-refractivity contribution in [3.05, 3.63) is 42.0 Å². The van der Waals surface area contributed by atoms with Gasteiger partial charge in [-0.05, 0) is 23.6 Å². The second-order valence-corrected chi connectivity index (χ2v) is 2.86. The van der Waals surface area contributed by atoms with Gasteiger partial charge in [-0.2, -0.15) is 0 Å². The Labute approximate surface area is 72.5 Å². The highest BCUT2D eigenvalue weighted by Crippen LogP contribution is 2.18. The lowest BCUT2D eigenvalue weighted by Gasteiger charge is -2.07. The van der Waals surface area contributed by atoms with E-state index in [1.807, 2.05) is 12.3 Å². The zero-order valence-electron chi connectivity index (χ0n) is 6.90. The summed E-state index contributed by atoms with van der Waals surface area (Å²) in [6, 6.07) is 10.5. The molecule has 0 saturated heterocycles. The summed E-state index contributed by atoms with van der Waals surface area (Å²) in [4.78, 5) is 4.15. The number of hydrogen-bond acceptors (Lipinski definition) is 1. The van der Waals surface area contributed by atoms with E-state index in [2.05, 4.69) is 35.3 Å². The first-order valence-electron chi connectivity index (χ1n) is 4.21. The number of benzene rings is 1. The molecular formula is C11H11N. The van der Waals surface area contributed by atoms with E-state index in [9.17, 15) is 0 Å². The van der Waals surface area contributed by atoms with Crippen molar-refractivity contribution in [2.24, 2.45) is 4.99 Å². The molecular weight excluding hydrogens is 146 g/mol. The largest absolute Gasteiger partial charge is 0.293 e. The molecule has 0 N–H and O–H groups in total. The zero-order chi connectivity index (χ0) is 8.23. The Morgan fingerprint density at radius 1 is 1.08 bits per heavy atom. The molecule has 0 atom stereocenters. The summed E-state index contributed by atoms with van der Waals surface area (Å²) >= 11 is 0. The second kappa shape index (κ2) is 3.35. The van der Waals surface area contributed by atoms with Crippen molar-refractivity contribution in [1.82, 2.24) is 0 Å². The van der Waals surface area contributed by atoms with Crippen molar-refractivity contribution in [3.63, 3.8) is 0 Å². The summed E-state index contributed by atoms with van der Waals surface area (Å²) in [5.74, 6) is 0. The minimum absolute atomic E-state index is 0.931. The quantitative estimate of drug-likeness (QED) is 0.594. The molecule has 1 aromatic carbocycles. The maximum absolute atomic E-state index is 4.15. The minimum atomic E-state index is 0.931. The smallest absolute Gasteiger partial charge is 0.0429 e. The van der Waals surface area contributed by atoms with Crippen LogP contribution in [0.3, 0.4) is 0 Å². The van der Waals surface area contributed by atoms with Gasteiger partial charge in [-0.25, -0.2) is 0 Å². The lowest BCUT2D eigenvalue weighted by atomic mass is 10.0. The van der Waals surface area contributed by atoms with Gasteiger partial charge in [-0.3, -0.25) is 4.99 Å². The molecule has 1 aliphatic rings. The standard InChI is InChI=1S/C11H11N/c1-2-4-10(5-3-1)11-6-8-12-9-7-11/h1-6,8H,7,9H2. The monoisotopic (exact) mass is 157 g/mol. The van der Waals surface area contributed by atoms with Gasteiger partial charge in [-0.1, -0.05) is 30.3 Å². The highest BCUT2D eigenvalue weighted by Gasteiger charge is 2.01. The Morgan fingerprint density at radius 2 is 1.92 bits per heavy atom. The number of nitrogens with zero attached hydrogens (tertiary/aromatic N) is 1. The van der Waals surface area contributed by atoms with Crippen LogP contribution in [0.4, 0.5) is 0 Å². The van der Waals surface area contributed by atoms with Crippen LogP contribution < -0.4 is 0 Å². The first-order valence-corrected chi connectivity index (χ1v) is 4.21. The van der Waals surface area contributed by atoms with Crippen molar-refractivity contribution in [1.29, 1.82) is 0 Å². The van der Waals surface area contributed by atoms with E-state index < -0.39 is 0 Å². The van der Waals surface area contributed by atoms with Gasteiger partial charge in [-0.15, -0.1) is 0 Å². The molecule has 0 saturated carbocycles. The van der Waals surface area contributed by atoms with Gasteiger partial charge >= 0.3 is 0 Å². The third kappa shape index (κ3) is 1.45. The predicted octanol–water partition coefficient (Wildman–Crippen LogP) is 2.54. The molecule has 0 spiro atoms. The van der Waals surface area contributed by atoms with E-state index in [0.29, 0.717) is 0 Å². The van der Waals surface area contributed by atoms with Crippen LogP contribution in [-0.2, 0) is 0 Å². The SMILES string of the molecule is C1=NCCC(c2ccccc2)=C1. The zero-order valence-corrected chi connectivity index (χ0v) is 6.90. The van der Waals surface area contributed by atoms with E-state index in [4.69, 9.17) is 0 Å². The van der Waals surface area contributed by atoms with Crippen molar-refractivity contribution in [3.8, 4) is 0 Å². The predicted molar refractivity (Wildman–Crippen MR) is 52.4 cm³/mol. The van der Waals surface area contributed by atoms with Crippen molar-refractivity contribution >= 4 is 11.8 Å². The fourth-order valence-electron chi connectivity index (χ4n) is 1.38. The van der Waals surface area contributed by atoms with Crippen LogP contribution in [0, 0.1) is 0 Å². The van der Waals surface area contributed by atoms with Crippen molar-refractivity contribution in [2.45, 2.75) is 6.42 Å². The number of allylic oxidation sites excluding steroid dienone is 1. The van der Waals surface area contributed by atoms with Crippen LogP contribution >= 0.6 is 0 Å². The Balaban J connectivity index is 2.31. The topological polar surface area (TPSA) is 12.4 Å². The summed E-state index contributed by atoms with van der Waals surface area (Å²) < 4.78 is 0. The van der Waals surface area contributed by atoms with Gasteiger partial charge in [0.2, 0.25) is 0 Å². The third-order valence-corrected chi connectivity index (χ3v) is 2.04. The Kier molecular flexibility index (Phi) is 2.04. The van der Waals surface area contributed by atoms with Crippen LogP contribution in [0.5, 0.6) is 0 Å². The summed E-state index contributed by atoms with van der Waals surface area (Å²) in [6.07, 6.45) is 5.06. The first kappa shape index (κ1) is 7.29. The maximum Gasteiger partial charge on any atom is 0.0429 e. The molecule has 1 nitrogen and oxygen atoms in total. The summed E-state index contributed by atoms with van der Waals surface area (Å²) in [7, 11) is 0. The van der Waals surface area contributed by atoms with Gasteiger partial charge in [0.15, 0.2) is 0 Å². The Bertz CT molecular complexity index is 309. The normalized spacial score (nSPS) is 15.8. The maximum atomic E-state index is 4.15. The van der Waals surface area contributed by atoms with Gasteiger partial charge in [0.05, 0.1) is 0 Å². The van der Waals surface area contributed by atoms with E-state index in [1.165, 1.54) is 11.1 Å². The van der Waals surface area contributed by atoms with Gasteiger partial charge in [0.1, 0.15) is 0 Å². The molecule has 2 rings (SSSR count). The second-order valence-electron chi connectivity index (χ2n) is 2.86. The number of aliphatic imine (C=N–C) groups is 1. The molecule has 0 radical (unpaired) electrons. The number of hydrogen-bond donors (Lipinski definition) is 0. The average molecular weight is 157 g/mol. The van der Waals surface area contributed by atoms with E-state index >= 15 is 0 Å². The van der Waals surface area contributed by atoms with Crippen molar-refractivity contribution in [2.75, 3.05) is 6.54 Å². The lowest BCUT2D eigenvalue weighted by molar-refractivity contribution is 1.02. The van der Waals surface area contributed by atoms with Crippen LogP contribution in [0.2, 0.25) is 0 Å². The molecule has 0 fully saturated rings. The van der Waals surface area contributed by atoms with Crippen LogP contribution in [0.25, 0.3) is 5.57 Å². The molecule has 60 valence electrons. The molecule has 1 heteroatoms. The van der Waals surface area contributed by atoms with E-state index in [0.717, 1.165) is 13.0 Å². The van der Waals surface area contributed by atoms with Gasteiger partial charge in [0.25, 0.3) is 0 Å². The van der Waals surface area contributed by atoms with E-state index in [1.54, 1.807) is 0 Å². The number of dihydropyridines is 1. The minimum Gasteiger partial charge on any atom is -0.293 e. The van der Waals surface area contributed by atoms with Crippen molar-refractivity contribution < 1.29 is 0 Å². The highest BCUT2D eigenvalue weighted by atomic mass is 14.7. The Hall–Kier alpha value is -1.37. The molecule has 1 aliphatic heterocycles. The van der Waals surface area contributed by atoms with Crippen LogP contribution in [0.15, 0.2) is 41.4 Å². The lowest BCUT2D eigenvalue weighted by Crippen LogP contribution is -1.93. The fourth-order valence-corrected chi connectivity index (χ4v) is 1.38. The van der Waals surface area contributed by atoms with Crippen LogP contribution in [0.1, 0.15) is 12.0 Å². The molecule has 1 heterocycles.